The maximum Gasteiger partial charge on any atom is 0.410 e. The molecule has 3 aliphatic rings. The van der Waals surface area contributed by atoms with Crippen LogP contribution in [-0.2, 0) is 9.53 Å². The molecule has 3 rings (SSSR count). The second-order valence-corrected chi connectivity index (χ2v) is 5.02. The molecule has 16 heavy (non-hydrogen) atoms. The molecular formula is C12H17NO3. The Morgan fingerprint density at radius 2 is 2.19 bits per heavy atom. The molecule has 4 nitrogen and oxygen atoms in total. The highest BCUT2D eigenvalue weighted by Gasteiger charge is 2.47. The molecule has 2 bridgehead atoms. The minimum Gasteiger partial charge on any atom is -0.453 e. The summed E-state index contributed by atoms with van der Waals surface area (Å²) in [5.74, 6) is 0.0667. The lowest BCUT2D eigenvalue weighted by atomic mass is 9.67. The highest BCUT2D eigenvalue weighted by Crippen LogP contribution is 2.43. The summed E-state index contributed by atoms with van der Waals surface area (Å²) in [7, 11) is 1.37. The number of rotatable bonds is 1. The van der Waals surface area contributed by atoms with Gasteiger partial charge < -0.3 is 9.64 Å². The fourth-order valence-corrected chi connectivity index (χ4v) is 2.78. The zero-order chi connectivity index (χ0) is 11.9. The van der Waals surface area contributed by atoms with Crippen molar-refractivity contribution in [1.29, 1.82) is 0 Å². The van der Waals surface area contributed by atoms with Crippen LogP contribution < -0.4 is 0 Å². The van der Waals surface area contributed by atoms with E-state index in [1.165, 1.54) is 7.11 Å². The van der Waals surface area contributed by atoms with Gasteiger partial charge in [0.25, 0.3) is 0 Å². The van der Waals surface area contributed by atoms with Crippen molar-refractivity contribution < 1.29 is 14.3 Å². The van der Waals surface area contributed by atoms with Gasteiger partial charge in [-0.25, -0.2) is 4.79 Å². The van der Waals surface area contributed by atoms with Gasteiger partial charge in [-0.15, -0.1) is 0 Å². The van der Waals surface area contributed by atoms with Gasteiger partial charge in [0.1, 0.15) is 5.78 Å². The number of piperidine rings is 1. The third-order valence-corrected chi connectivity index (χ3v) is 3.62. The van der Waals surface area contributed by atoms with Crippen LogP contribution in [0.4, 0.5) is 4.79 Å². The van der Waals surface area contributed by atoms with Gasteiger partial charge in [0.05, 0.1) is 13.2 Å². The lowest BCUT2D eigenvalue weighted by Gasteiger charge is -2.50. The summed E-state index contributed by atoms with van der Waals surface area (Å²) in [5, 5.41) is 0. The van der Waals surface area contributed by atoms with Crippen LogP contribution in [0.1, 0.15) is 20.3 Å². The van der Waals surface area contributed by atoms with Crippen molar-refractivity contribution in [1.82, 2.24) is 4.90 Å². The number of ketones is 1. The van der Waals surface area contributed by atoms with Gasteiger partial charge >= 0.3 is 6.09 Å². The lowest BCUT2D eigenvalue weighted by molar-refractivity contribution is -0.125. The van der Waals surface area contributed by atoms with Crippen molar-refractivity contribution in [3.8, 4) is 0 Å². The highest BCUT2D eigenvalue weighted by atomic mass is 16.5. The summed E-state index contributed by atoms with van der Waals surface area (Å²) in [6.45, 7) is 4.31. The van der Waals surface area contributed by atoms with Gasteiger partial charge in [-0.2, -0.15) is 0 Å². The molecule has 3 atom stereocenters. The molecule has 88 valence electrons. The van der Waals surface area contributed by atoms with Crippen LogP contribution in [0.25, 0.3) is 0 Å². The Morgan fingerprint density at radius 1 is 1.50 bits per heavy atom. The summed E-state index contributed by atoms with van der Waals surface area (Å²) in [6.07, 6.45) is 4.58. The number of carbonyl (C=O) groups excluding carboxylic acids is 2. The number of amides is 1. The van der Waals surface area contributed by atoms with E-state index in [2.05, 4.69) is 13.0 Å². The first-order chi connectivity index (χ1) is 7.47. The van der Waals surface area contributed by atoms with E-state index >= 15 is 0 Å². The Kier molecular flexibility index (Phi) is 2.52. The quantitative estimate of drug-likeness (QED) is 0.634. The van der Waals surface area contributed by atoms with E-state index in [0.717, 1.165) is 6.42 Å². The first-order valence-corrected chi connectivity index (χ1v) is 5.51. The van der Waals surface area contributed by atoms with Gasteiger partial charge in [0, 0.05) is 17.9 Å². The third kappa shape index (κ3) is 1.62. The molecule has 1 fully saturated rings. The Labute approximate surface area is 95.2 Å². The minimum atomic E-state index is -0.341. The second-order valence-electron chi connectivity index (χ2n) is 5.02. The van der Waals surface area contributed by atoms with E-state index in [0.29, 0.717) is 6.54 Å². The predicted molar refractivity (Wildman–Crippen MR) is 58.9 cm³/mol. The van der Waals surface area contributed by atoms with Crippen molar-refractivity contribution in [2.24, 2.45) is 11.3 Å². The van der Waals surface area contributed by atoms with E-state index < -0.39 is 0 Å². The molecule has 0 aromatic rings. The molecule has 0 aromatic heterocycles. The van der Waals surface area contributed by atoms with Gasteiger partial charge in [-0.05, 0) is 13.3 Å². The standard InChI is InChI=1S/C12H17NO3/c1-8(14)9-6-12(2)5-4-10(9)13(7-12)11(15)16-3/h4-5,9-10H,6-7H2,1-3H3/t9-,10+,12-/m1/s1. The summed E-state index contributed by atoms with van der Waals surface area (Å²) < 4.78 is 4.76. The summed E-state index contributed by atoms with van der Waals surface area (Å²) >= 11 is 0. The fraction of sp³-hybridized carbons (Fsp3) is 0.667. The van der Waals surface area contributed by atoms with Crippen molar-refractivity contribution >= 4 is 11.9 Å². The maximum atomic E-state index is 11.6. The number of nitrogens with zero attached hydrogens (tertiary/aromatic N) is 1. The smallest absolute Gasteiger partial charge is 0.410 e. The molecule has 4 heteroatoms. The summed E-state index contributed by atoms with van der Waals surface area (Å²) in [5.41, 5.74) is -0.0841. The Balaban J connectivity index is 2.31. The zero-order valence-corrected chi connectivity index (χ0v) is 9.90. The Hall–Kier alpha value is -1.32. The van der Waals surface area contributed by atoms with E-state index in [4.69, 9.17) is 4.74 Å². The lowest BCUT2D eigenvalue weighted by Crippen LogP contribution is -2.58. The Morgan fingerprint density at radius 3 is 2.69 bits per heavy atom. The van der Waals surface area contributed by atoms with Crippen LogP contribution in [0.3, 0.4) is 0 Å². The molecular weight excluding hydrogens is 206 g/mol. The molecule has 2 heterocycles. The molecule has 0 unspecified atom stereocenters. The van der Waals surface area contributed by atoms with Crippen LogP contribution in [-0.4, -0.2) is 36.5 Å². The summed E-state index contributed by atoms with van der Waals surface area (Å²) in [4.78, 5) is 24.9. The fourth-order valence-electron chi connectivity index (χ4n) is 2.78. The monoisotopic (exact) mass is 223 g/mol. The van der Waals surface area contributed by atoms with Crippen LogP contribution in [0.5, 0.6) is 0 Å². The maximum absolute atomic E-state index is 11.6. The number of hydrogen-bond acceptors (Lipinski definition) is 3. The molecule has 2 aliphatic heterocycles. The normalized spacial score (nSPS) is 36.3. The first-order valence-electron chi connectivity index (χ1n) is 5.51. The molecule has 0 radical (unpaired) electrons. The van der Waals surface area contributed by atoms with Gasteiger partial charge in [0.2, 0.25) is 0 Å². The molecule has 1 amide bonds. The van der Waals surface area contributed by atoms with Crippen LogP contribution in [0, 0.1) is 11.3 Å². The molecule has 0 saturated carbocycles. The number of hydrogen-bond donors (Lipinski definition) is 0. The minimum absolute atomic E-state index is 0.0807. The van der Waals surface area contributed by atoms with Crippen LogP contribution in [0.2, 0.25) is 0 Å². The number of fused-ring (bicyclic) bond motifs is 2. The number of Topliss-reactive ketones (excluding diaryl/α,β-unsaturated/α-hetero) is 1. The van der Waals surface area contributed by atoms with Crippen molar-refractivity contribution in [3.63, 3.8) is 0 Å². The molecule has 0 spiro atoms. The van der Waals surface area contributed by atoms with E-state index in [9.17, 15) is 9.59 Å². The van der Waals surface area contributed by atoms with Gasteiger partial charge in [-0.3, -0.25) is 4.79 Å². The average molecular weight is 223 g/mol. The van der Waals surface area contributed by atoms with Crippen LogP contribution >= 0.6 is 0 Å². The van der Waals surface area contributed by atoms with Gasteiger partial charge in [0.15, 0.2) is 0 Å². The third-order valence-electron chi connectivity index (χ3n) is 3.62. The first kappa shape index (κ1) is 11.2. The highest BCUT2D eigenvalue weighted by molar-refractivity contribution is 5.81. The summed E-state index contributed by atoms with van der Waals surface area (Å²) in [6, 6.07) is -0.119. The van der Waals surface area contributed by atoms with Crippen molar-refractivity contribution in [2.45, 2.75) is 26.3 Å². The Bertz CT molecular complexity index is 363. The topological polar surface area (TPSA) is 46.6 Å². The van der Waals surface area contributed by atoms with E-state index in [1.807, 2.05) is 6.08 Å². The number of methoxy groups -OCH3 is 1. The second kappa shape index (κ2) is 3.61. The molecule has 1 aliphatic carbocycles. The SMILES string of the molecule is COC(=O)N1C[C@]2(C)C=C[C@H]1[C@@H](C(C)=O)C2. The zero-order valence-electron chi connectivity index (χ0n) is 9.90. The molecule has 0 aromatic carbocycles. The van der Waals surface area contributed by atoms with Crippen molar-refractivity contribution in [3.05, 3.63) is 12.2 Å². The number of ether oxygens (including phenoxy) is 1. The van der Waals surface area contributed by atoms with E-state index in [1.54, 1.807) is 11.8 Å². The van der Waals surface area contributed by atoms with Crippen molar-refractivity contribution in [2.75, 3.05) is 13.7 Å². The van der Waals surface area contributed by atoms with E-state index in [-0.39, 0.29) is 29.3 Å². The van der Waals surface area contributed by atoms with Crippen LogP contribution in [0.15, 0.2) is 12.2 Å². The van der Waals surface area contributed by atoms with Gasteiger partial charge in [-0.1, -0.05) is 19.1 Å². The largest absolute Gasteiger partial charge is 0.453 e. The average Bonchev–Trinajstić information content (AvgIpc) is 2.26. The molecule has 0 N–H and O–H groups in total. The predicted octanol–water partition coefficient (Wildman–Crippen LogP) is 1.61. The molecule has 1 saturated heterocycles. The number of carbonyl (C=O) groups is 2.